The van der Waals surface area contributed by atoms with Crippen LogP contribution >= 0.6 is 0 Å². The maximum Gasteiger partial charge on any atom is 0.394 e. The summed E-state index contributed by atoms with van der Waals surface area (Å²) in [5, 5.41) is 4.10. The average Bonchev–Trinajstić information content (AvgIpc) is 3.94. The molecule has 2 aliphatic rings. The molecule has 2 bridgehead atoms. The summed E-state index contributed by atoms with van der Waals surface area (Å²) < 4.78 is 57.6. The lowest BCUT2D eigenvalue weighted by Crippen LogP contribution is -2.25. The van der Waals surface area contributed by atoms with Crippen molar-refractivity contribution in [2.24, 2.45) is 17.8 Å². The van der Waals surface area contributed by atoms with Gasteiger partial charge in [-0.15, -0.1) is 0 Å². The van der Waals surface area contributed by atoms with E-state index in [4.69, 9.17) is 14.2 Å². The van der Waals surface area contributed by atoms with E-state index < -0.39 is 18.7 Å². The molecule has 0 aliphatic heterocycles. The van der Waals surface area contributed by atoms with Gasteiger partial charge >= 0.3 is 6.18 Å². The fourth-order valence-corrected chi connectivity index (χ4v) is 9.95. The van der Waals surface area contributed by atoms with Crippen LogP contribution in [-0.2, 0) is 0 Å². The summed E-state index contributed by atoms with van der Waals surface area (Å²) in [7, 11) is 0. The smallest absolute Gasteiger partial charge is 0.394 e. The molecule has 7 atom stereocenters. The molecule has 7 heteroatoms. The van der Waals surface area contributed by atoms with Crippen LogP contribution in [0.25, 0.3) is 21.5 Å². The molecule has 0 saturated heterocycles. The quantitative estimate of drug-likeness (QED) is 0.0908. The predicted molar refractivity (Wildman–Crippen MR) is 250 cm³/mol. The number of carbonyl (C=O) groups excluding carboxylic acids is 1. The number of carbonyl (C=O) groups is 1. The van der Waals surface area contributed by atoms with Crippen LogP contribution in [0.1, 0.15) is 110 Å². The van der Waals surface area contributed by atoms with Crippen molar-refractivity contribution in [3.8, 4) is 23.0 Å². The average molecular weight is 861 g/mol. The van der Waals surface area contributed by atoms with E-state index in [1.165, 1.54) is 30.4 Å². The number of fused-ring (bicyclic) bond motifs is 4. The van der Waals surface area contributed by atoms with E-state index in [1.54, 1.807) is 12.1 Å². The molecule has 4 nitrogen and oxygen atoms in total. The Bertz CT molecular complexity index is 2710. The van der Waals surface area contributed by atoms with Crippen LogP contribution in [0, 0.1) is 17.8 Å². The van der Waals surface area contributed by atoms with Gasteiger partial charge in [0.2, 0.25) is 0 Å². The number of ketones is 1. The monoisotopic (exact) mass is 860 g/mol. The minimum absolute atomic E-state index is 0.0166. The van der Waals surface area contributed by atoms with Crippen molar-refractivity contribution < 1.29 is 32.2 Å². The van der Waals surface area contributed by atoms with Crippen molar-refractivity contribution >= 4 is 27.3 Å². The van der Waals surface area contributed by atoms with Crippen molar-refractivity contribution in [2.75, 3.05) is 6.61 Å². The maximum absolute atomic E-state index is 13.6. The summed E-state index contributed by atoms with van der Waals surface area (Å²) in [6.45, 7) is 5.22. The Hall–Kier alpha value is -6.08. The fourth-order valence-electron chi connectivity index (χ4n) is 9.95. The number of alkyl halides is 3. The summed E-state index contributed by atoms with van der Waals surface area (Å²) in [5.41, 5.74) is 4.89. The molecule has 0 aromatic heterocycles. The molecule has 2 saturated carbocycles. The van der Waals surface area contributed by atoms with Gasteiger partial charge in [0.05, 0.1) is 12.5 Å². The molecule has 7 aromatic carbocycles. The predicted octanol–water partition coefficient (Wildman–Crippen LogP) is 15.6. The zero-order valence-electron chi connectivity index (χ0n) is 36.7. The van der Waals surface area contributed by atoms with Gasteiger partial charge in [-0.2, -0.15) is 13.2 Å². The first-order valence-electron chi connectivity index (χ1n) is 22.8. The molecule has 0 N–H and O–H groups in total. The minimum atomic E-state index is -4.29. The van der Waals surface area contributed by atoms with Crippen molar-refractivity contribution in [3.05, 3.63) is 179 Å². The van der Waals surface area contributed by atoms with Gasteiger partial charge in [-0.25, -0.2) is 0 Å². The second kappa shape index (κ2) is 18.6. The van der Waals surface area contributed by atoms with E-state index in [0.717, 1.165) is 70.7 Å². The van der Waals surface area contributed by atoms with E-state index in [-0.39, 0.29) is 23.5 Å². The van der Waals surface area contributed by atoms with Crippen molar-refractivity contribution in [3.63, 3.8) is 0 Å². The molecule has 2 aliphatic carbocycles. The first-order valence-corrected chi connectivity index (χ1v) is 22.8. The van der Waals surface area contributed by atoms with E-state index >= 15 is 0 Å². The highest BCUT2D eigenvalue weighted by Gasteiger charge is 2.41. The Morgan fingerprint density at radius 1 is 0.578 bits per heavy atom. The van der Waals surface area contributed by atoms with Crippen LogP contribution in [-0.4, -0.2) is 24.7 Å². The van der Waals surface area contributed by atoms with Crippen LogP contribution < -0.4 is 14.2 Å². The molecule has 0 radical (unpaired) electrons. The van der Waals surface area contributed by atoms with Crippen LogP contribution in [0.5, 0.6) is 23.0 Å². The summed E-state index contributed by atoms with van der Waals surface area (Å²) >= 11 is 0. The molecule has 328 valence electrons. The molecular weight excluding hydrogens is 806 g/mol. The van der Waals surface area contributed by atoms with Gasteiger partial charge in [0.15, 0.2) is 5.78 Å². The van der Waals surface area contributed by atoms with Crippen molar-refractivity contribution in [2.45, 2.75) is 89.3 Å². The number of hydrogen-bond donors (Lipinski definition) is 0. The van der Waals surface area contributed by atoms with Gasteiger partial charge in [-0.1, -0.05) is 112 Å². The Morgan fingerprint density at radius 2 is 1.12 bits per heavy atom. The van der Waals surface area contributed by atoms with E-state index in [9.17, 15) is 18.0 Å². The maximum atomic E-state index is 13.6. The van der Waals surface area contributed by atoms with Gasteiger partial charge in [0.1, 0.15) is 29.1 Å². The zero-order valence-corrected chi connectivity index (χ0v) is 36.7. The summed E-state index contributed by atoms with van der Waals surface area (Å²) in [5.74, 6) is 3.41. The highest BCUT2D eigenvalue weighted by molar-refractivity contribution is 6.12. The van der Waals surface area contributed by atoms with Crippen molar-refractivity contribution in [1.82, 2.24) is 0 Å². The molecule has 7 unspecified atom stereocenters. The van der Waals surface area contributed by atoms with Crippen LogP contribution in [0.4, 0.5) is 13.2 Å². The SMILES string of the molecule is CC(CC(CC(C)c1ccc(Oc2ccc3ccc(C(=O)c4ccc5ccccc5c4)cc3c2)cc1)c1ccc(OC2CC3CCC2C3)cc1)c1ccc(OCC(C)C(F)(F)F)cc1. The van der Waals surface area contributed by atoms with Gasteiger partial charge < -0.3 is 14.2 Å². The Balaban J connectivity index is 0.876. The number of halogens is 3. The molecule has 0 spiro atoms. The zero-order chi connectivity index (χ0) is 44.4. The molecule has 64 heavy (non-hydrogen) atoms. The minimum Gasteiger partial charge on any atom is -0.493 e. The normalized spacial score (nSPS) is 19.0. The molecular formula is C57H55F3O4. The summed E-state index contributed by atoms with van der Waals surface area (Å²) in [4.78, 5) is 13.6. The third-order valence-electron chi connectivity index (χ3n) is 13.9. The summed E-state index contributed by atoms with van der Waals surface area (Å²) in [6, 6.07) is 50.2. The van der Waals surface area contributed by atoms with E-state index in [0.29, 0.717) is 34.6 Å². The fraction of sp³-hybridized carbons (Fsp3) is 0.316. The van der Waals surface area contributed by atoms with Gasteiger partial charge in [-0.3, -0.25) is 4.79 Å². The topological polar surface area (TPSA) is 44.8 Å². The Labute approximate surface area is 374 Å². The number of hydrogen-bond acceptors (Lipinski definition) is 4. The van der Waals surface area contributed by atoms with Crippen LogP contribution in [0.2, 0.25) is 0 Å². The van der Waals surface area contributed by atoms with Gasteiger partial charge in [0.25, 0.3) is 0 Å². The lowest BCUT2D eigenvalue weighted by molar-refractivity contribution is -0.176. The molecule has 0 heterocycles. The highest BCUT2D eigenvalue weighted by Crippen LogP contribution is 2.46. The van der Waals surface area contributed by atoms with Crippen molar-refractivity contribution in [1.29, 1.82) is 0 Å². The largest absolute Gasteiger partial charge is 0.493 e. The van der Waals surface area contributed by atoms with E-state index in [2.05, 4.69) is 50.2 Å². The second-order valence-electron chi connectivity index (χ2n) is 18.5. The molecule has 0 amide bonds. The lowest BCUT2D eigenvalue weighted by Gasteiger charge is -2.26. The molecule has 2 fully saturated rings. The molecule has 9 rings (SSSR count). The Morgan fingerprint density at radius 3 is 1.73 bits per heavy atom. The summed E-state index contributed by atoms with van der Waals surface area (Å²) in [6.07, 6.45) is 2.92. The Kier molecular flexibility index (Phi) is 12.5. The number of benzene rings is 7. The lowest BCUT2D eigenvalue weighted by atomic mass is 9.79. The third kappa shape index (κ3) is 9.99. The first-order chi connectivity index (χ1) is 30.9. The van der Waals surface area contributed by atoms with Gasteiger partial charge in [-0.05, 0) is 167 Å². The first kappa shape index (κ1) is 43.2. The van der Waals surface area contributed by atoms with E-state index in [1.807, 2.05) is 103 Å². The van der Waals surface area contributed by atoms with Crippen LogP contribution in [0.15, 0.2) is 152 Å². The number of ether oxygens (including phenoxy) is 3. The standard InChI is InChI=1S/C57H55F3O4/c1-36(40-14-21-51(22-15-40)62-35-38(3)57(58,59)60)28-49(44-18-25-53(26-19-44)64-55-31-39-8-9-46(55)30-39)29-37(2)41-16-23-52(24-17-41)63-54-27-20-43-11-13-48(33-50(43)34-54)56(61)47-12-10-42-6-4-5-7-45(42)32-47/h4-7,10-27,32-34,36-39,46,49,55H,8-9,28-31,35H2,1-3H3. The highest BCUT2D eigenvalue weighted by atomic mass is 19.4. The third-order valence-corrected chi connectivity index (χ3v) is 13.9. The molecule has 7 aromatic rings. The van der Waals surface area contributed by atoms with Gasteiger partial charge in [0, 0.05) is 11.1 Å². The second-order valence-corrected chi connectivity index (χ2v) is 18.5. The van der Waals surface area contributed by atoms with Crippen LogP contribution in [0.3, 0.4) is 0 Å². The number of rotatable bonds is 16.